The first-order valence-electron chi connectivity index (χ1n) is 8.29. The molecule has 0 saturated heterocycles. The standard InChI is InChI=1S/C18H16N2O6/c21-17-8-14-12-4-2-10(20(25)26)6-16(12)18(22)7-13(14)11-3-1-9(19(23)24)5-15(11)17/h1-6,13-14,17-18,21-22H,7-8H2. The van der Waals surface area contributed by atoms with Crippen molar-refractivity contribution in [3.05, 3.63) is 78.9 Å². The number of aliphatic hydroxyl groups excluding tert-OH is 2. The molecule has 2 aromatic rings. The number of hydrogen-bond acceptors (Lipinski definition) is 6. The average molecular weight is 356 g/mol. The van der Waals surface area contributed by atoms with Crippen molar-refractivity contribution in [2.45, 2.75) is 36.9 Å². The van der Waals surface area contributed by atoms with Gasteiger partial charge < -0.3 is 10.2 Å². The van der Waals surface area contributed by atoms with Crippen molar-refractivity contribution in [2.24, 2.45) is 0 Å². The van der Waals surface area contributed by atoms with Crippen molar-refractivity contribution in [3.8, 4) is 0 Å². The van der Waals surface area contributed by atoms with E-state index in [1.807, 2.05) is 0 Å². The normalized spacial score (nSPS) is 26.4. The number of rotatable bonds is 2. The summed E-state index contributed by atoms with van der Waals surface area (Å²) in [6.45, 7) is 0. The molecule has 0 spiro atoms. The third-order valence-corrected chi connectivity index (χ3v) is 5.52. The van der Waals surface area contributed by atoms with Crippen molar-refractivity contribution in [1.29, 1.82) is 0 Å². The highest BCUT2D eigenvalue weighted by atomic mass is 16.6. The molecule has 0 aliphatic heterocycles. The summed E-state index contributed by atoms with van der Waals surface area (Å²) in [6, 6.07) is 8.91. The third kappa shape index (κ3) is 2.46. The molecule has 4 unspecified atom stereocenters. The molecule has 134 valence electrons. The smallest absolute Gasteiger partial charge is 0.269 e. The predicted octanol–water partition coefficient (Wildman–Crippen LogP) is 3.24. The average Bonchev–Trinajstić information content (AvgIpc) is 2.62. The van der Waals surface area contributed by atoms with Crippen LogP contribution in [-0.4, -0.2) is 20.1 Å². The van der Waals surface area contributed by atoms with Crippen LogP contribution in [0.15, 0.2) is 36.4 Å². The number of hydrogen-bond donors (Lipinski definition) is 2. The van der Waals surface area contributed by atoms with E-state index in [0.717, 1.165) is 11.1 Å². The van der Waals surface area contributed by atoms with Gasteiger partial charge in [-0.05, 0) is 46.9 Å². The van der Waals surface area contributed by atoms with Gasteiger partial charge in [0.15, 0.2) is 0 Å². The van der Waals surface area contributed by atoms with Crippen molar-refractivity contribution < 1.29 is 20.1 Å². The van der Waals surface area contributed by atoms with Crippen molar-refractivity contribution >= 4 is 11.4 Å². The highest BCUT2D eigenvalue weighted by Crippen LogP contribution is 2.55. The Morgan fingerprint density at radius 1 is 0.731 bits per heavy atom. The summed E-state index contributed by atoms with van der Waals surface area (Å²) < 4.78 is 0. The van der Waals surface area contributed by atoms with E-state index < -0.39 is 22.1 Å². The molecule has 2 aliphatic rings. The van der Waals surface area contributed by atoms with E-state index in [1.54, 1.807) is 12.1 Å². The Kier molecular flexibility index (Phi) is 3.74. The van der Waals surface area contributed by atoms with Gasteiger partial charge in [0.25, 0.3) is 11.4 Å². The molecule has 0 amide bonds. The fraction of sp³-hybridized carbons (Fsp3) is 0.333. The van der Waals surface area contributed by atoms with Crippen LogP contribution in [-0.2, 0) is 0 Å². The number of non-ortho nitro benzene ring substituents is 2. The van der Waals surface area contributed by atoms with Gasteiger partial charge in [-0.2, -0.15) is 0 Å². The lowest BCUT2D eigenvalue weighted by molar-refractivity contribution is -0.385. The Labute approximate surface area is 148 Å². The number of nitrogens with zero attached hydrogens (tertiary/aromatic N) is 2. The highest BCUT2D eigenvalue weighted by Gasteiger charge is 2.42. The summed E-state index contributed by atoms with van der Waals surface area (Å²) in [5, 5.41) is 43.1. The quantitative estimate of drug-likeness (QED) is 0.628. The van der Waals surface area contributed by atoms with Crippen LogP contribution in [0, 0.1) is 20.2 Å². The topological polar surface area (TPSA) is 127 Å². The molecule has 2 aromatic carbocycles. The van der Waals surface area contributed by atoms with E-state index in [-0.39, 0.29) is 23.2 Å². The minimum Gasteiger partial charge on any atom is -0.388 e. The largest absolute Gasteiger partial charge is 0.388 e. The van der Waals surface area contributed by atoms with E-state index >= 15 is 0 Å². The Morgan fingerprint density at radius 3 is 1.46 bits per heavy atom. The van der Waals surface area contributed by atoms with Gasteiger partial charge in [0.2, 0.25) is 0 Å². The summed E-state index contributed by atoms with van der Waals surface area (Å²) >= 11 is 0. The van der Waals surface area contributed by atoms with Crippen molar-refractivity contribution in [2.75, 3.05) is 0 Å². The number of nitro benzene ring substituents is 2. The number of fused-ring (bicyclic) bond motifs is 5. The van der Waals surface area contributed by atoms with Crippen LogP contribution < -0.4 is 0 Å². The molecular formula is C18H16N2O6. The maximum absolute atomic E-state index is 11.0. The molecule has 4 rings (SSSR count). The molecule has 2 aliphatic carbocycles. The number of benzene rings is 2. The maximum atomic E-state index is 11.0. The molecule has 0 heterocycles. The lowest BCUT2D eigenvalue weighted by Crippen LogP contribution is -2.29. The van der Waals surface area contributed by atoms with Gasteiger partial charge in [0.1, 0.15) is 0 Å². The third-order valence-electron chi connectivity index (χ3n) is 5.52. The first-order valence-corrected chi connectivity index (χ1v) is 8.29. The Hall–Kier alpha value is -2.84. The molecule has 8 heteroatoms. The zero-order valence-corrected chi connectivity index (χ0v) is 13.6. The minimum absolute atomic E-state index is 0.0753. The van der Waals surface area contributed by atoms with E-state index in [2.05, 4.69) is 0 Å². The summed E-state index contributed by atoms with van der Waals surface area (Å²) in [5.41, 5.74) is 2.49. The molecule has 0 bridgehead atoms. The monoisotopic (exact) mass is 356 g/mol. The summed E-state index contributed by atoms with van der Waals surface area (Å²) in [7, 11) is 0. The number of nitro groups is 2. The second kappa shape index (κ2) is 5.86. The number of aliphatic hydroxyl groups is 2. The van der Waals surface area contributed by atoms with Crippen molar-refractivity contribution in [3.63, 3.8) is 0 Å². The van der Waals surface area contributed by atoms with Gasteiger partial charge in [0, 0.05) is 24.3 Å². The van der Waals surface area contributed by atoms with Crippen LogP contribution in [0.1, 0.15) is 59.1 Å². The molecule has 0 radical (unpaired) electrons. The zero-order chi connectivity index (χ0) is 18.6. The maximum Gasteiger partial charge on any atom is 0.269 e. The first kappa shape index (κ1) is 16.6. The summed E-state index contributed by atoms with van der Waals surface area (Å²) in [6.07, 6.45) is -0.999. The Morgan fingerprint density at radius 2 is 1.12 bits per heavy atom. The van der Waals surface area contributed by atoms with Crippen molar-refractivity contribution in [1.82, 2.24) is 0 Å². The van der Waals surface area contributed by atoms with Gasteiger partial charge in [-0.15, -0.1) is 0 Å². The minimum atomic E-state index is -0.857. The van der Waals surface area contributed by atoms with Gasteiger partial charge >= 0.3 is 0 Å². The molecule has 8 nitrogen and oxygen atoms in total. The fourth-order valence-corrected chi connectivity index (χ4v) is 4.35. The molecular weight excluding hydrogens is 340 g/mol. The summed E-state index contributed by atoms with van der Waals surface area (Å²) in [5.74, 6) is -0.198. The zero-order valence-electron chi connectivity index (χ0n) is 13.6. The predicted molar refractivity (Wildman–Crippen MR) is 90.8 cm³/mol. The molecule has 2 N–H and O–H groups in total. The van der Waals surface area contributed by atoms with Gasteiger partial charge in [0.05, 0.1) is 22.1 Å². The highest BCUT2D eigenvalue weighted by molar-refractivity contribution is 5.51. The van der Waals surface area contributed by atoms with Crippen LogP contribution >= 0.6 is 0 Å². The SMILES string of the molecule is O=[N+]([O-])c1ccc2c(c1)C(O)CC1c3ccc([N+](=O)[O-])cc3C(O)CC21. The second-order valence-corrected chi connectivity index (χ2v) is 6.86. The van der Waals surface area contributed by atoms with Gasteiger partial charge in [-0.25, -0.2) is 0 Å². The van der Waals surface area contributed by atoms with Crippen LogP contribution in [0.3, 0.4) is 0 Å². The Balaban J connectivity index is 1.81. The van der Waals surface area contributed by atoms with Crippen LogP contribution in [0.25, 0.3) is 0 Å². The van der Waals surface area contributed by atoms with E-state index in [4.69, 9.17) is 0 Å². The fourth-order valence-electron chi connectivity index (χ4n) is 4.35. The van der Waals surface area contributed by atoms with Crippen LogP contribution in [0.5, 0.6) is 0 Å². The van der Waals surface area contributed by atoms with E-state index in [1.165, 1.54) is 24.3 Å². The second-order valence-electron chi connectivity index (χ2n) is 6.86. The molecule has 0 fully saturated rings. The van der Waals surface area contributed by atoms with Gasteiger partial charge in [-0.1, -0.05) is 12.1 Å². The molecule has 0 aromatic heterocycles. The Bertz CT molecular complexity index is 852. The molecule has 4 atom stereocenters. The van der Waals surface area contributed by atoms with Crippen LogP contribution in [0.4, 0.5) is 11.4 Å². The van der Waals surface area contributed by atoms with Gasteiger partial charge in [-0.3, -0.25) is 20.2 Å². The van der Waals surface area contributed by atoms with E-state index in [0.29, 0.717) is 24.0 Å². The molecule has 0 saturated carbocycles. The lowest BCUT2D eigenvalue weighted by atomic mass is 9.64. The molecule has 26 heavy (non-hydrogen) atoms. The van der Waals surface area contributed by atoms with E-state index in [9.17, 15) is 30.4 Å². The first-order chi connectivity index (χ1) is 12.4. The van der Waals surface area contributed by atoms with Crippen LogP contribution in [0.2, 0.25) is 0 Å². The summed E-state index contributed by atoms with van der Waals surface area (Å²) in [4.78, 5) is 21.0. The lowest BCUT2D eigenvalue weighted by Gasteiger charge is -2.42.